The minimum absolute atomic E-state index is 0.100. The van der Waals surface area contributed by atoms with E-state index in [1.54, 1.807) is 0 Å². The number of hydrogen-bond acceptors (Lipinski definition) is 3. The summed E-state index contributed by atoms with van der Waals surface area (Å²) >= 11 is 0. The third-order valence-electron chi connectivity index (χ3n) is 8.66. The fourth-order valence-electron chi connectivity index (χ4n) is 7.59. The summed E-state index contributed by atoms with van der Waals surface area (Å²) in [5.74, 6) is 5.20. The molecule has 4 aliphatic carbocycles. The van der Waals surface area contributed by atoms with E-state index in [4.69, 9.17) is 11.2 Å². The standard InChI is InChI=1S/C22H28O3/c1-3-20-12-21(13-25-21)19-16-8-6-15(23)11-14(16)5-7-17(19)18(20)9-10-22(20,24)4-2/h2,11,16-19,24H,3,5-10,12-13H2,1H3/t16-,17-,18-,19+,20-,21?,22-/m0/s1. The first kappa shape index (κ1) is 16.1. The van der Waals surface area contributed by atoms with E-state index < -0.39 is 5.60 Å². The van der Waals surface area contributed by atoms with Crippen molar-refractivity contribution in [1.29, 1.82) is 0 Å². The van der Waals surface area contributed by atoms with Crippen LogP contribution in [0.5, 0.6) is 0 Å². The van der Waals surface area contributed by atoms with Crippen LogP contribution < -0.4 is 0 Å². The second kappa shape index (κ2) is 4.99. The molecule has 4 fully saturated rings. The molecule has 5 aliphatic rings. The van der Waals surface area contributed by atoms with Crippen molar-refractivity contribution in [1.82, 2.24) is 0 Å². The fraction of sp³-hybridized carbons (Fsp3) is 0.773. The zero-order valence-electron chi connectivity index (χ0n) is 15.1. The molecule has 1 saturated heterocycles. The van der Waals surface area contributed by atoms with Gasteiger partial charge in [0.2, 0.25) is 0 Å². The van der Waals surface area contributed by atoms with Crippen LogP contribution in [0.3, 0.4) is 0 Å². The van der Waals surface area contributed by atoms with Gasteiger partial charge in [-0.05, 0) is 74.7 Å². The Morgan fingerprint density at radius 3 is 2.84 bits per heavy atom. The lowest BCUT2D eigenvalue weighted by atomic mass is 9.46. The fourth-order valence-corrected chi connectivity index (χ4v) is 7.59. The van der Waals surface area contributed by atoms with Crippen LogP contribution in [0.4, 0.5) is 0 Å². The molecule has 3 saturated carbocycles. The van der Waals surface area contributed by atoms with E-state index >= 15 is 0 Å². The highest BCUT2D eigenvalue weighted by molar-refractivity contribution is 5.91. The Bertz CT molecular complexity index is 697. The van der Waals surface area contributed by atoms with Crippen LogP contribution in [-0.4, -0.2) is 28.7 Å². The van der Waals surface area contributed by atoms with Crippen LogP contribution in [0.15, 0.2) is 11.6 Å². The average molecular weight is 340 g/mol. The Hall–Kier alpha value is -1.11. The first-order valence-corrected chi connectivity index (χ1v) is 10.1. The minimum atomic E-state index is -0.977. The quantitative estimate of drug-likeness (QED) is 0.589. The second-order valence-corrected chi connectivity index (χ2v) is 9.25. The van der Waals surface area contributed by atoms with E-state index in [0.717, 1.165) is 51.6 Å². The van der Waals surface area contributed by atoms with Crippen molar-refractivity contribution < 1.29 is 14.6 Å². The number of hydrogen-bond donors (Lipinski definition) is 1. The van der Waals surface area contributed by atoms with Gasteiger partial charge in [-0.1, -0.05) is 18.4 Å². The Morgan fingerprint density at radius 1 is 1.36 bits per heavy atom. The molecule has 3 nitrogen and oxygen atoms in total. The Labute approximate surface area is 150 Å². The summed E-state index contributed by atoms with van der Waals surface area (Å²) in [6, 6.07) is 0. The summed E-state index contributed by atoms with van der Waals surface area (Å²) in [7, 11) is 0. The number of ether oxygens (including phenoxy) is 1. The summed E-state index contributed by atoms with van der Waals surface area (Å²) in [5, 5.41) is 11.3. The maximum Gasteiger partial charge on any atom is 0.155 e. The van der Waals surface area contributed by atoms with Gasteiger partial charge in [0.1, 0.15) is 5.60 Å². The normalized spacial score (nSPS) is 53.5. The number of ketones is 1. The second-order valence-electron chi connectivity index (χ2n) is 9.25. The number of terminal acetylenes is 1. The number of epoxide rings is 1. The third kappa shape index (κ3) is 1.88. The molecule has 0 aromatic heterocycles. The lowest BCUT2D eigenvalue weighted by molar-refractivity contribution is -0.133. The molecule has 0 aromatic rings. The Balaban J connectivity index is 1.59. The lowest BCUT2D eigenvalue weighted by Crippen LogP contribution is -2.59. The van der Waals surface area contributed by atoms with Crippen LogP contribution in [0.25, 0.3) is 0 Å². The van der Waals surface area contributed by atoms with Gasteiger partial charge in [-0.25, -0.2) is 0 Å². The monoisotopic (exact) mass is 340 g/mol. The highest BCUT2D eigenvalue weighted by atomic mass is 16.6. The van der Waals surface area contributed by atoms with Gasteiger partial charge in [-0.15, -0.1) is 6.42 Å². The van der Waals surface area contributed by atoms with Crippen LogP contribution in [0, 0.1) is 41.4 Å². The van der Waals surface area contributed by atoms with Gasteiger partial charge in [-0.3, -0.25) is 4.79 Å². The maximum atomic E-state index is 11.9. The SMILES string of the molecule is C#C[C@]1(O)CC[C@H]2[C@@H]3CCC4=CC(=O)CC[C@@H]4[C@H]3C3(CO3)C[C@@]21CC. The molecule has 5 rings (SSSR count). The molecule has 1 N–H and O–H groups in total. The van der Waals surface area contributed by atoms with Crippen molar-refractivity contribution in [3.63, 3.8) is 0 Å². The van der Waals surface area contributed by atoms with Crippen LogP contribution in [0.2, 0.25) is 0 Å². The van der Waals surface area contributed by atoms with E-state index in [1.165, 1.54) is 5.57 Å². The van der Waals surface area contributed by atoms with E-state index in [-0.39, 0.29) is 11.0 Å². The molecule has 25 heavy (non-hydrogen) atoms. The summed E-state index contributed by atoms with van der Waals surface area (Å²) in [5.41, 5.74) is 0.110. The molecule has 134 valence electrons. The van der Waals surface area contributed by atoms with Crippen molar-refractivity contribution in [3.05, 3.63) is 11.6 Å². The van der Waals surface area contributed by atoms with E-state index in [1.807, 2.05) is 6.08 Å². The molecule has 7 atom stereocenters. The van der Waals surface area contributed by atoms with E-state index in [9.17, 15) is 9.90 Å². The Kier molecular flexibility index (Phi) is 3.21. The molecule has 1 spiro atoms. The number of fused-ring (bicyclic) bond motifs is 6. The van der Waals surface area contributed by atoms with Crippen LogP contribution >= 0.6 is 0 Å². The molecule has 3 heteroatoms. The zero-order chi connectivity index (χ0) is 17.4. The van der Waals surface area contributed by atoms with E-state index in [0.29, 0.717) is 35.9 Å². The van der Waals surface area contributed by atoms with Crippen molar-refractivity contribution in [3.8, 4) is 12.3 Å². The maximum absolute atomic E-state index is 11.9. The first-order chi connectivity index (χ1) is 12.0. The smallest absolute Gasteiger partial charge is 0.155 e. The molecule has 0 aromatic carbocycles. The molecule has 0 amide bonds. The van der Waals surface area contributed by atoms with Gasteiger partial charge in [-0.2, -0.15) is 0 Å². The topological polar surface area (TPSA) is 49.8 Å². The van der Waals surface area contributed by atoms with Gasteiger partial charge in [0.25, 0.3) is 0 Å². The summed E-state index contributed by atoms with van der Waals surface area (Å²) in [6.07, 6.45) is 15.2. The van der Waals surface area contributed by atoms with Crippen molar-refractivity contribution >= 4 is 5.78 Å². The van der Waals surface area contributed by atoms with E-state index in [2.05, 4.69) is 12.8 Å². The van der Waals surface area contributed by atoms with Gasteiger partial charge >= 0.3 is 0 Å². The average Bonchev–Trinajstić information content (AvgIpc) is 3.32. The van der Waals surface area contributed by atoms with Crippen molar-refractivity contribution in [2.24, 2.45) is 29.1 Å². The molecule has 1 heterocycles. The molecule has 1 unspecified atom stereocenters. The largest absolute Gasteiger partial charge is 0.377 e. The number of carbonyl (C=O) groups is 1. The molecule has 1 aliphatic heterocycles. The number of aliphatic hydroxyl groups is 1. The highest BCUT2D eigenvalue weighted by Crippen LogP contribution is 2.71. The summed E-state index contributed by atoms with van der Waals surface area (Å²) in [4.78, 5) is 11.9. The first-order valence-electron chi connectivity index (χ1n) is 10.1. The van der Waals surface area contributed by atoms with Crippen molar-refractivity contribution in [2.75, 3.05) is 6.61 Å². The van der Waals surface area contributed by atoms with Gasteiger partial charge < -0.3 is 9.84 Å². The number of rotatable bonds is 1. The number of carbonyl (C=O) groups excluding carboxylic acids is 1. The predicted octanol–water partition coefficient (Wildman–Crippen LogP) is 3.26. The van der Waals surface area contributed by atoms with Gasteiger partial charge in [0.05, 0.1) is 12.2 Å². The lowest BCUT2D eigenvalue weighted by Gasteiger charge is -2.58. The third-order valence-corrected chi connectivity index (χ3v) is 8.66. The highest BCUT2D eigenvalue weighted by Gasteiger charge is 2.73. The van der Waals surface area contributed by atoms with Gasteiger partial charge in [0, 0.05) is 11.8 Å². The summed E-state index contributed by atoms with van der Waals surface area (Å²) < 4.78 is 6.16. The molecular formula is C22H28O3. The minimum Gasteiger partial charge on any atom is -0.377 e. The molecular weight excluding hydrogens is 312 g/mol. The van der Waals surface area contributed by atoms with Gasteiger partial charge in [0.15, 0.2) is 5.78 Å². The Morgan fingerprint density at radius 2 is 2.16 bits per heavy atom. The predicted molar refractivity (Wildman–Crippen MR) is 94.6 cm³/mol. The van der Waals surface area contributed by atoms with Crippen LogP contribution in [-0.2, 0) is 9.53 Å². The molecule has 0 bridgehead atoms. The number of allylic oxidation sites excluding steroid dienone is 1. The zero-order valence-corrected chi connectivity index (χ0v) is 15.1. The van der Waals surface area contributed by atoms with Crippen LogP contribution in [0.1, 0.15) is 58.3 Å². The summed E-state index contributed by atoms with van der Waals surface area (Å²) in [6.45, 7) is 3.01. The molecule has 0 radical (unpaired) electrons. The van der Waals surface area contributed by atoms with Crippen molar-refractivity contribution in [2.45, 2.75) is 69.5 Å².